The van der Waals surface area contributed by atoms with E-state index >= 15 is 0 Å². The van der Waals surface area contributed by atoms with Crippen LogP contribution in [0.1, 0.15) is 36.5 Å². The average Bonchev–Trinajstić information content (AvgIpc) is 2.87. The van der Waals surface area contributed by atoms with Gasteiger partial charge in [0.05, 0.1) is 5.75 Å². The fourth-order valence-electron chi connectivity index (χ4n) is 4.58. The minimum absolute atomic E-state index is 0.0553. The van der Waals surface area contributed by atoms with Gasteiger partial charge in [-0.2, -0.15) is 0 Å². The number of carbonyl (C=O) groups is 2. The van der Waals surface area contributed by atoms with Gasteiger partial charge in [-0.3, -0.25) is 9.59 Å². The van der Waals surface area contributed by atoms with E-state index in [2.05, 4.69) is 25.1 Å². The number of halogens is 2. The maximum Gasteiger partial charge on any atom is 0.254 e. The van der Waals surface area contributed by atoms with Crippen molar-refractivity contribution >= 4 is 41.0 Å². The first-order chi connectivity index (χ1) is 17.4. The summed E-state index contributed by atoms with van der Waals surface area (Å²) < 4.78 is 13.6. The van der Waals surface area contributed by atoms with Gasteiger partial charge in [0.2, 0.25) is 5.91 Å². The summed E-state index contributed by atoms with van der Waals surface area (Å²) in [6.45, 7) is 7.26. The maximum absolute atomic E-state index is 13.6. The zero-order chi connectivity index (χ0) is 25.5. The molecule has 11 heteroatoms. The van der Waals surface area contributed by atoms with E-state index in [1.165, 1.54) is 43.2 Å². The zero-order valence-corrected chi connectivity index (χ0v) is 22.0. The molecule has 1 unspecified atom stereocenters. The first-order valence-corrected chi connectivity index (χ1v) is 13.7. The average molecular weight is 535 g/mol. The lowest BCUT2D eigenvalue weighted by molar-refractivity contribution is -0.118. The van der Waals surface area contributed by atoms with Crippen molar-refractivity contribution in [1.82, 2.24) is 25.1 Å². The smallest absolute Gasteiger partial charge is 0.254 e. The van der Waals surface area contributed by atoms with Gasteiger partial charge in [-0.25, -0.2) is 14.4 Å². The van der Waals surface area contributed by atoms with Crippen LogP contribution in [-0.4, -0.2) is 89.2 Å². The minimum atomic E-state index is -0.427. The number of thioether (sulfide) groups is 1. The van der Waals surface area contributed by atoms with E-state index < -0.39 is 5.82 Å². The molecule has 4 rings (SSSR count). The Morgan fingerprint density at radius 1 is 1.14 bits per heavy atom. The van der Waals surface area contributed by atoms with Crippen LogP contribution < -0.4 is 10.2 Å². The van der Waals surface area contributed by atoms with Gasteiger partial charge in [0, 0.05) is 50.4 Å². The Morgan fingerprint density at radius 2 is 1.94 bits per heavy atom. The molecular weight excluding hydrogens is 503 g/mol. The molecule has 2 fully saturated rings. The maximum atomic E-state index is 13.6. The molecule has 1 aromatic heterocycles. The quantitative estimate of drug-likeness (QED) is 0.316. The van der Waals surface area contributed by atoms with E-state index in [-0.39, 0.29) is 23.6 Å². The van der Waals surface area contributed by atoms with Crippen molar-refractivity contribution in [3.05, 3.63) is 46.9 Å². The van der Waals surface area contributed by atoms with Crippen molar-refractivity contribution in [2.45, 2.75) is 37.4 Å². The number of piperazine rings is 1. The Hall–Kier alpha value is -2.43. The van der Waals surface area contributed by atoms with Gasteiger partial charge in [-0.15, -0.1) is 0 Å². The Labute approximate surface area is 220 Å². The number of aromatic nitrogens is 2. The van der Waals surface area contributed by atoms with Crippen LogP contribution in [0.25, 0.3) is 0 Å². The number of carbonyl (C=O) groups excluding carboxylic acids is 2. The number of rotatable bonds is 8. The van der Waals surface area contributed by atoms with Gasteiger partial charge in [0.15, 0.2) is 5.16 Å². The lowest BCUT2D eigenvalue weighted by Crippen LogP contribution is -2.54. The highest BCUT2D eigenvalue weighted by atomic mass is 35.5. The van der Waals surface area contributed by atoms with Crippen molar-refractivity contribution in [2.24, 2.45) is 0 Å². The van der Waals surface area contributed by atoms with Gasteiger partial charge >= 0.3 is 0 Å². The van der Waals surface area contributed by atoms with Crippen molar-refractivity contribution in [3.63, 3.8) is 0 Å². The third-order valence-electron chi connectivity index (χ3n) is 6.48. The third kappa shape index (κ3) is 7.30. The molecule has 3 heterocycles. The largest absolute Gasteiger partial charge is 0.354 e. The third-order valence-corrected chi connectivity index (χ3v) is 7.52. The molecule has 8 nitrogen and oxygen atoms in total. The molecule has 1 atom stereocenters. The van der Waals surface area contributed by atoms with Gasteiger partial charge < -0.3 is 20.0 Å². The van der Waals surface area contributed by atoms with Gasteiger partial charge in [0.1, 0.15) is 16.8 Å². The molecule has 36 heavy (non-hydrogen) atoms. The second-order valence-corrected chi connectivity index (χ2v) is 10.5. The number of hydrogen-bond acceptors (Lipinski definition) is 7. The number of anilines is 1. The van der Waals surface area contributed by atoms with Crippen LogP contribution in [-0.2, 0) is 4.79 Å². The van der Waals surface area contributed by atoms with Crippen LogP contribution >= 0.6 is 23.4 Å². The second-order valence-electron chi connectivity index (χ2n) is 9.18. The first-order valence-electron chi connectivity index (χ1n) is 12.4. The minimum Gasteiger partial charge on any atom is -0.354 e. The summed E-state index contributed by atoms with van der Waals surface area (Å²) in [7, 11) is 0. The molecule has 2 aliphatic rings. The summed E-state index contributed by atoms with van der Waals surface area (Å²) in [5.41, 5.74) is 0.341. The number of likely N-dealkylation sites (tertiary alicyclic amines) is 1. The highest BCUT2D eigenvalue weighted by molar-refractivity contribution is 7.99. The van der Waals surface area contributed by atoms with Crippen LogP contribution in [0.15, 0.2) is 35.5 Å². The van der Waals surface area contributed by atoms with E-state index in [4.69, 9.17) is 11.6 Å². The molecule has 0 spiro atoms. The predicted molar refractivity (Wildman–Crippen MR) is 140 cm³/mol. The molecular formula is C25H32ClFN6O2S. The Balaban J connectivity index is 1.28. The first kappa shape index (κ1) is 26.6. The summed E-state index contributed by atoms with van der Waals surface area (Å²) in [5, 5.41) is 3.71. The highest BCUT2D eigenvalue weighted by Crippen LogP contribution is 2.24. The molecule has 2 amide bonds. The molecule has 2 saturated heterocycles. The van der Waals surface area contributed by atoms with Gasteiger partial charge in [-0.1, -0.05) is 35.9 Å². The summed E-state index contributed by atoms with van der Waals surface area (Å²) in [4.78, 5) is 40.2. The Kier molecular flexibility index (Phi) is 9.39. The van der Waals surface area contributed by atoms with Crippen molar-refractivity contribution in [1.29, 1.82) is 0 Å². The van der Waals surface area contributed by atoms with E-state index in [0.29, 0.717) is 47.9 Å². The van der Waals surface area contributed by atoms with E-state index in [9.17, 15) is 14.0 Å². The molecule has 2 aromatic rings. The summed E-state index contributed by atoms with van der Waals surface area (Å²) in [6, 6.07) is 7.35. The molecule has 0 bridgehead atoms. The van der Waals surface area contributed by atoms with Gasteiger partial charge in [0.25, 0.3) is 5.91 Å². The normalized spacial score (nSPS) is 18.8. The SMILES string of the molecule is CC1CN(c2cc(Cl)nc(SCC(=O)NCCN3CCCCC3)n2)CCN1C(=O)c1cccc(F)c1. The lowest BCUT2D eigenvalue weighted by Gasteiger charge is -2.40. The Bertz CT molecular complexity index is 1070. The Morgan fingerprint density at radius 3 is 2.69 bits per heavy atom. The molecule has 0 radical (unpaired) electrons. The predicted octanol–water partition coefficient (Wildman–Crippen LogP) is 3.31. The van der Waals surface area contributed by atoms with Crippen LogP contribution in [0.5, 0.6) is 0 Å². The fraction of sp³-hybridized carbons (Fsp3) is 0.520. The molecule has 2 aliphatic heterocycles. The standard InChI is InChI=1S/C25H32ClFN6O2S/c1-18-16-32(12-13-33(18)24(35)19-6-5-7-20(27)14-19)22-15-21(26)29-25(30-22)36-17-23(34)28-8-11-31-9-3-2-4-10-31/h5-7,14-15,18H,2-4,8-13,16-17H2,1H3,(H,28,34). The monoisotopic (exact) mass is 534 g/mol. The number of piperidine rings is 1. The molecule has 194 valence electrons. The number of hydrogen-bond donors (Lipinski definition) is 1. The number of benzene rings is 1. The number of nitrogens with zero attached hydrogens (tertiary/aromatic N) is 5. The van der Waals surface area contributed by atoms with Crippen LogP contribution in [0.3, 0.4) is 0 Å². The number of amides is 2. The zero-order valence-electron chi connectivity index (χ0n) is 20.5. The van der Waals surface area contributed by atoms with Crippen molar-refractivity contribution in [2.75, 3.05) is 56.5 Å². The van der Waals surface area contributed by atoms with Crippen LogP contribution in [0.2, 0.25) is 5.15 Å². The second kappa shape index (κ2) is 12.7. The summed E-state index contributed by atoms with van der Waals surface area (Å²) in [5.74, 6) is 0.202. The van der Waals surface area contributed by atoms with Crippen molar-refractivity contribution in [3.8, 4) is 0 Å². The molecule has 1 N–H and O–H groups in total. The van der Waals surface area contributed by atoms with E-state index in [1.807, 2.05) is 6.92 Å². The van der Waals surface area contributed by atoms with Crippen LogP contribution in [0.4, 0.5) is 10.2 Å². The van der Waals surface area contributed by atoms with E-state index in [1.54, 1.807) is 23.1 Å². The summed E-state index contributed by atoms with van der Waals surface area (Å²) >= 11 is 7.52. The molecule has 0 aliphatic carbocycles. The topological polar surface area (TPSA) is 81.7 Å². The summed E-state index contributed by atoms with van der Waals surface area (Å²) in [6.07, 6.45) is 3.76. The lowest BCUT2D eigenvalue weighted by atomic mass is 10.1. The van der Waals surface area contributed by atoms with Crippen molar-refractivity contribution < 1.29 is 14.0 Å². The number of nitrogens with one attached hydrogen (secondary N) is 1. The molecule has 1 aromatic carbocycles. The molecule has 0 saturated carbocycles. The fourth-order valence-corrected chi connectivity index (χ4v) is 5.50. The van der Waals surface area contributed by atoms with Gasteiger partial charge in [-0.05, 0) is 51.1 Å². The van der Waals surface area contributed by atoms with E-state index in [0.717, 1.165) is 19.6 Å². The van der Waals surface area contributed by atoms with Crippen LogP contribution in [0, 0.1) is 5.82 Å². The highest BCUT2D eigenvalue weighted by Gasteiger charge is 2.29.